The van der Waals surface area contributed by atoms with Crippen molar-refractivity contribution in [3.05, 3.63) is 45.1 Å². The number of carbonyl (C=O) groups excluding carboxylic acids is 2. The van der Waals surface area contributed by atoms with Gasteiger partial charge in [0, 0.05) is 45.8 Å². The zero-order valence-electron chi connectivity index (χ0n) is 38.4. The van der Waals surface area contributed by atoms with Crippen LogP contribution in [0.15, 0.2) is 33.9 Å². The zero-order valence-corrected chi connectivity index (χ0v) is 38.4. The molecule has 1 aliphatic heterocycles. The van der Waals surface area contributed by atoms with Crippen LogP contribution in [-0.2, 0) is 32.3 Å². The minimum absolute atomic E-state index is 0.112. The van der Waals surface area contributed by atoms with Crippen molar-refractivity contribution in [2.24, 2.45) is 0 Å². The third-order valence-electron chi connectivity index (χ3n) is 11.1. The van der Waals surface area contributed by atoms with E-state index in [4.69, 9.17) is 19.2 Å². The van der Waals surface area contributed by atoms with Crippen LogP contribution in [0.2, 0.25) is 0 Å². The summed E-state index contributed by atoms with van der Waals surface area (Å²) in [6, 6.07) is 7.56. The molecule has 2 heterocycles. The number of benzene rings is 1. The molecule has 1 aromatic carbocycles. The number of aryl methyl sites for hydroxylation is 1. The lowest BCUT2D eigenvalue weighted by molar-refractivity contribution is -0.518. The fraction of sp³-hybridized carbons (Fsp3) is 0.783. The van der Waals surface area contributed by atoms with Crippen molar-refractivity contribution in [1.29, 1.82) is 0 Å². The van der Waals surface area contributed by atoms with Crippen LogP contribution in [-0.4, -0.2) is 104 Å². The third kappa shape index (κ3) is 15.8. The van der Waals surface area contributed by atoms with E-state index in [2.05, 4.69) is 18.9 Å². The van der Waals surface area contributed by atoms with E-state index in [0.717, 1.165) is 57.9 Å². The number of amides is 2. The number of para-hydroxylation sites is 1. The molecule has 1 aromatic heterocycles. The van der Waals surface area contributed by atoms with Gasteiger partial charge in [-0.05, 0) is 110 Å². The van der Waals surface area contributed by atoms with Crippen molar-refractivity contribution >= 4 is 23.1 Å². The topological polar surface area (TPSA) is 128 Å². The van der Waals surface area contributed by atoms with E-state index in [1.807, 2.05) is 59.7 Å². The van der Waals surface area contributed by atoms with E-state index in [0.29, 0.717) is 75.9 Å². The Kier molecular flexibility index (Phi) is 19.9. The highest BCUT2D eigenvalue weighted by molar-refractivity contribution is 5.77. The van der Waals surface area contributed by atoms with Crippen LogP contribution < -0.4 is 11.2 Å². The normalized spacial score (nSPS) is 17.7. The molecule has 1 saturated carbocycles. The predicted molar refractivity (Wildman–Crippen MR) is 236 cm³/mol. The van der Waals surface area contributed by atoms with Crippen LogP contribution in [0.4, 0.5) is 9.59 Å². The first-order chi connectivity index (χ1) is 28.6. The van der Waals surface area contributed by atoms with Crippen LogP contribution in [0.25, 0.3) is 10.9 Å². The molecular formula is C46H78N6O8. The van der Waals surface area contributed by atoms with E-state index >= 15 is 0 Å². The molecule has 2 fully saturated rings. The largest absolute Gasteiger partial charge is 0.444 e. The maximum atomic E-state index is 13.7. The molecule has 2 aromatic rings. The third-order valence-corrected chi connectivity index (χ3v) is 11.1. The van der Waals surface area contributed by atoms with Gasteiger partial charge in [-0.25, -0.2) is 14.4 Å². The summed E-state index contributed by atoms with van der Waals surface area (Å²) in [5, 5.41) is 4.27. The number of nitrogens with zero attached hydrogens (tertiary/aromatic N) is 6. The van der Waals surface area contributed by atoms with Crippen LogP contribution in [0.3, 0.4) is 0 Å². The van der Waals surface area contributed by atoms with Crippen molar-refractivity contribution in [2.75, 3.05) is 39.3 Å². The number of hydrogen-bond donors (Lipinski definition) is 0. The monoisotopic (exact) mass is 843 g/mol. The Balaban J connectivity index is 1.37. The highest BCUT2D eigenvalue weighted by Crippen LogP contribution is 2.31. The Labute approximate surface area is 359 Å². The molecule has 60 heavy (non-hydrogen) atoms. The van der Waals surface area contributed by atoms with Crippen LogP contribution in [0.1, 0.15) is 158 Å². The first-order valence-electron chi connectivity index (χ1n) is 23.2. The first kappa shape index (κ1) is 49.2. The van der Waals surface area contributed by atoms with Crippen molar-refractivity contribution in [2.45, 2.75) is 195 Å². The van der Waals surface area contributed by atoms with Gasteiger partial charge in [0.05, 0.1) is 29.6 Å². The Morgan fingerprint density at radius 1 is 0.667 bits per heavy atom. The summed E-state index contributed by atoms with van der Waals surface area (Å²) in [4.78, 5) is 70.2. The number of unbranched alkanes of at least 4 members (excludes halogenated alkanes) is 7. The van der Waals surface area contributed by atoms with E-state index < -0.39 is 17.3 Å². The van der Waals surface area contributed by atoms with Gasteiger partial charge >= 0.3 is 17.9 Å². The predicted octanol–water partition coefficient (Wildman–Crippen LogP) is 9.07. The van der Waals surface area contributed by atoms with Crippen molar-refractivity contribution in [1.82, 2.24) is 29.2 Å². The van der Waals surface area contributed by atoms with E-state index in [1.165, 1.54) is 30.3 Å². The van der Waals surface area contributed by atoms with Crippen LogP contribution in [0.5, 0.6) is 0 Å². The van der Waals surface area contributed by atoms with E-state index in [-0.39, 0.29) is 36.0 Å². The van der Waals surface area contributed by atoms with Gasteiger partial charge in [-0.1, -0.05) is 77.3 Å². The number of hydroxylamine groups is 4. The number of hydrogen-bond acceptors (Lipinski definition) is 10. The molecule has 0 N–H and O–H groups in total. The van der Waals surface area contributed by atoms with Gasteiger partial charge in [-0.3, -0.25) is 18.8 Å². The SMILES string of the molecule is CCCCCCN1ON(CCCN(CCCCN(CCCn2c(=O)c3ccccc3n(CCCCCC)c2=O)C(=O)OC(C)(C)C)C(=O)OC(C)(C)C)OC2CCCCC21. The second-order valence-electron chi connectivity index (χ2n) is 18.7. The Morgan fingerprint density at radius 3 is 1.80 bits per heavy atom. The molecule has 0 spiro atoms. The van der Waals surface area contributed by atoms with Gasteiger partial charge < -0.3 is 19.3 Å². The van der Waals surface area contributed by atoms with Gasteiger partial charge in [-0.2, -0.15) is 10.0 Å². The highest BCUT2D eigenvalue weighted by atomic mass is 17.0. The second kappa shape index (κ2) is 24.2. The molecule has 1 saturated heterocycles. The molecule has 1 aliphatic carbocycles. The average Bonchev–Trinajstić information content (AvgIpc) is 3.19. The number of rotatable bonds is 23. The molecule has 0 bridgehead atoms. The Hall–Kier alpha value is -3.46. The summed E-state index contributed by atoms with van der Waals surface area (Å²) in [7, 11) is 0. The highest BCUT2D eigenvalue weighted by Gasteiger charge is 2.39. The Morgan fingerprint density at radius 2 is 1.20 bits per heavy atom. The zero-order chi connectivity index (χ0) is 43.7. The summed E-state index contributed by atoms with van der Waals surface area (Å²) in [6.07, 6.45) is 14.7. The average molecular weight is 843 g/mol. The molecule has 2 atom stereocenters. The van der Waals surface area contributed by atoms with Crippen molar-refractivity contribution in [3.8, 4) is 0 Å². The fourth-order valence-corrected chi connectivity index (χ4v) is 8.01. The maximum absolute atomic E-state index is 13.7. The van der Waals surface area contributed by atoms with E-state index in [9.17, 15) is 19.2 Å². The number of ether oxygens (including phenoxy) is 2. The molecule has 2 amide bonds. The molecule has 0 radical (unpaired) electrons. The molecule has 2 aliphatic rings. The Bertz CT molecular complexity index is 1730. The summed E-state index contributed by atoms with van der Waals surface area (Å²) in [5.74, 6) is 0. The smallest absolute Gasteiger partial charge is 0.410 e. The van der Waals surface area contributed by atoms with Crippen molar-refractivity contribution in [3.63, 3.8) is 0 Å². The lowest BCUT2D eigenvalue weighted by atomic mass is 9.92. The lowest BCUT2D eigenvalue weighted by Crippen LogP contribution is -2.57. The summed E-state index contributed by atoms with van der Waals surface area (Å²) in [6.45, 7) is 19.1. The molecule has 14 nitrogen and oxygen atoms in total. The molecule has 340 valence electrons. The second-order valence-corrected chi connectivity index (χ2v) is 18.7. The van der Waals surface area contributed by atoms with Gasteiger partial charge in [0.15, 0.2) is 0 Å². The quantitative estimate of drug-likeness (QED) is 0.100. The fourth-order valence-electron chi connectivity index (χ4n) is 8.01. The standard InChI is InChI=1S/C46H78N6O8/c1-9-11-13-19-33-49-38-26-16-15-25-37(38)41(53)50(42(49)54)34-23-31-47(43(55)57-45(3,4)5)29-21-22-30-48(44(56)58-46(6,7)8)32-24-36-52-59-40-28-18-17-27-39(40)51(60-52)35-20-14-12-10-2/h15-16,25-26,39-40H,9-14,17-24,27-36H2,1-8H3. The van der Waals surface area contributed by atoms with Crippen LogP contribution >= 0.6 is 0 Å². The minimum Gasteiger partial charge on any atom is -0.444 e. The molecule has 14 heteroatoms. The van der Waals surface area contributed by atoms with E-state index in [1.54, 1.807) is 25.7 Å². The minimum atomic E-state index is -0.699. The molecule has 4 rings (SSSR count). The summed E-state index contributed by atoms with van der Waals surface area (Å²) < 4.78 is 14.6. The number of carbonyl (C=O) groups is 2. The lowest BCUT2D eigenvalue weighted by Gasteiger charge is -2.46. The number of aromatic nitrogens is 2. The van der Waals surface area contributed by atoms with Gasteiger partial charge in [0.2, 0.25) is 0 Å². The van der Waals surface area contributed by atoms with Crippen molar-refractivity contribution < 1.29 is 28.8 Å². The van der Waals surface area contributed by atoms with Gasteiger partial charge in [0.25, 0.3) is 5.56 Å². The summed E-state index contributed by atoms with van der Waals surface area (Å²) >= 11 is 0. The molecule has 2 unspecified atom stereocenters. The maximum Gasteiger partial charge on any atom is 0.410 e. The first-order valence-corrected chi connectivity index (χ1v) is 23.2. The van der Waals surface area contributed by atoms with Gasteiger partial charge in [-0.15, -0.1) is 0 Å². The van der Waals surface area contributed by atoms with Gasteiger partial charge in [0.1, 0.15) is 11.2 Å². The number of fused-ring (bicyclic) bond motifs is 2. The molecular weight excluding hydrogens is 765 g/mol. The van der Waals surface area contributed by atoms with Crippen LogP contribution in [0, 0.1) is 0 Å². The summed E-state index contributed by atoms with van der Waals surface area (Å²) in [5.41, 5.74) is -1.33.